The zero-order valence-corrected chi connectivity index (χ0v) is 17.3. The van der Waals surface area contributed by atoms with Gasteiger partial charge in [0.2, 0.25) is 0 Å². The average molecular weight is 386 g/mol. The van der Waals surface area contributed by atoms with Crippen LogP contribution in [-0.2, 0) is 10.8 Å². The first-order valence-corrected chi connectivity index (χ1v) is 10.5. The summed E-state index contributed by atoms with van der Waals surface area (Å²) in [5, 5.41) is 10.2. The van der Waals surface area contributed by atoms with E-state index >= 15 is 0 Å². The summed E-state index contributed by atoms with van der Waals surface area (Å²) in [5.74, 6) is -0.149. The third-order valence-corrected chi connectivity index (χ3v) is 7.55. The first-order valence-electron chi connectivity index (χ1n) is 9.69. The highest BCUT2D eigenvalue weighted by atomic mass is 32.1. The SMILES string of the molecule is CC1(C)CCC(C)(C)c2sc(N(c3ccc(C(=O)O)cn3)C3CCC3)nc21. The molecule has 2 aromatic rings. The number of hydrogen-bond donors (Lipinski definition) is 1. The Kier molecular flexibility index (Phi) is 4.29. The van der Waals surface area contributed by atoms with Crippen molar-refractivity contribution < 1.29 is 9.90 Å². The highest BCUT2D eigenvalue weighted by Gasteiger charge is 2.42. The molecule has 144 valence electrons. The summed E-state index contributed by atoms with van der Waals surface area (Å²) in [6.07, 6.45) is 7.23. The van der Waals surface area contributed by atoms with Crippen molar-refractivity contribution in [3.8, 4) is 0 Å². The lowest BCUT2D eigenvalue weighted by molar-refractivity contribution is 0.0696. The van der Waals surface area contributed by atoms with Gasteiger partial charge in [-0.1, -0.05) is 27.7 Å². The van der Waals surface area contributed by atoms with Crippen molar-refractivity contribution in [2.75, 3.05) is 4.90 Å². The van der Waals surface area contributed by atoms with Crippen LogP contribution in [-0.4, -0.2) is 27.1 Å². The van der Waals surface area contributed by atoms with Crippen LogP contribution in [0.1, 0.15) is 80.7 Å². The van der Waals surface area contributed by atoms with E-state index in [1.165, 1.54) is 29.6 Å². The molecule has 0 spiro atoms. The van der Waals surface area contributed by atoms with E-state index in [0.29, 0.717) is 6.04 Å². The van der Waals surface area contributed by atoms with Gasteiger partial charge in [0.15, 0.2) is 5.13 Å². The normalized spacial score (nSPS) is 20.6. The quantitative estimate of drug-likeness (QED) is 0.776. The van der Waals surface area contributed by atoms with E-state index in [1.807, 2.05) is 6.07 Å². The molecule has 4 rings (SSSR count). The van der Waals surface area contributed by atoms with Crippen molar-refractivity contribution in [3.63, 3.8) is 0 Å². The molecule has 27 heavy (non-hydrogen) atoms. The number of hydrogen-bond acceptors (Lipinski definition) is 5. The Morgan fingerprint density at radius 2 is 1.89 bits per heavy atom. The van der Waals surface area contributed by atoms with Crippen molar-refractivity contribution in [2.45, 2.75) is 76.7 Å². The summed E-state index contributed by atoms with van der Waals surface area (Å²) in [7, 11) is 0. The number of rotatable bonds is 4. The van der Waals surface area contributed by atoms with Crippen molar-refractivity contribution in [1.29, 1.82) is 0 Å². The maximum absolute atomic E-state index is 11.2. The van der Waals surface area contributed by atoms with Crippen molar-refractivity contribution in [1.82, 2.24) is 9.97 Å². The second-order valence-electron chi connectivity index (χ2n) is 9.11. The van der Waals surface area contributed by atoms with Crippen LogP contribution >= 0.6 is 11.3 Å². The van der Waals surface area contributed by atoms with Crippen LogP contribution in [0.4, 0.5) is 10.9 Å². The molecule has 0 amide bonds. The lowest BCUT2D eigenvalue weighted by Gasteiger charge is -2.37. The van der Waals surface area contributed by atoms with Crippen LogP contribution in [0.25, 0.3) is 0 Å². The molecule has 5 nitrogen and oxygen atoms in total. The van der Waals surface area contributed by atoms with Crippen molar-refractivity contribution in [3.05, 3.63) is 34.5 Å². The smallest absolute Gasteiger partial charge is 0.337 e. The van der Waals surface area contributed by atoms with Gasteiger partial charge in [-0.2, -0.15) is 0 Å². The van der Waals surface area contributed by atoms with E-state index in [2.05, 4.69) is 37.6 Å². The zero-order valence-electron chi connectivity index (χ0n) is 16.5. The van der Waals surface area contributed by atoms with Gasteiger partial charge in [-0.15, -0.1) is 11.3 Å². The van der Waals surface area contributed by atoms with Gasteiger partial charge in [0.25, 0.3) is 0 Å². The molecule has 2 heterocycles. The number of aromatic nitrogens is 2. The maximum atomic E-state index is 11.2. The van der Waals surface area contributed by atoms with Gasteiger partial charge in [0, 0.05) is 27.9 Å². The maximum Gasteiger partial charge on any atom is 0.337 e. The number of carboxylic acid groups (broad SMARTS) is 1. The first-order chi connectivity index (χ1) is 12.7. The summed E-state index contributed by atoms with van der Waals surface area (Å²) in [6.45, 7) is 9.21. The molecule has 0 radical (unpaired) electrons. The molecule has 0 aromatic carbocycles. The van der Waals surface area contributed by atoms with Crippen molar-refractivity contribution >= 4 is 28.3 Å². The largest absolute Gasteiger partial charge is 0.478 e. The molecular formula is C21H27N3O2S. The summed E-state index contributed by atoms with van der Waals surface area (Å²) in [5.41, 5.74) is 1.68. The monoisotopic (exact) mass is 385 g/mol. The topological polar surface area (TPSA) is 66.3 Å². The number of nitrogens with zero attached hydrogens (tertiary/aromatic N) is 3. The number of carboxylic acids is 1. The van der Waals surface area contributed by atoms with Gasteiger partial charge in [0.1, 0.15) is 5.82 Å². The number of pyridine rings is 1. The Morgan fingerprint density at radius 3 is 2.41 bits per heavy atom. The number of anilines is 2. The molecular weight excluding hydrogens is 358 g/mol. The lowest BCUT2D eigenvalue weighted by atomic mass is 9.69. The fourth-order valence-corrected chi connectivity index (χ4v) is 5.38. The third kappa shape index (κ3) is 3.14. The molecule has 2 aliphatic carbocycles. The van der Waals surface area contributed by atoms with Crippen LogP contribution in [0.2, 0.25) is 0 Å². The molecule has 2 aromatic heterocycles. The van der Waals surface area contributed by atoms with Crippen LogP contribution in [0.15, 0.2) is 18.3 Å². The molecule has 2 aliphatic rings. The molecule has 1 N–H and O–H groups in total. The number of thiazole rings is 1. The van der Waals surface area contributed by atoms with Crippen LogP contribution in [0, 0.1) is 0 Å². The van der Waals surface area contributed by atoms with Crippen LogP contribution in [0.5, 0.6) is 0 Å². The summed E-state index contributed by atoms with van der Waals surface area (Å²) < 4.78 is 0. The summed E-state index contributed by atoms with van der Waals surface area (Å²) in [4.78, 5) is 24.4. The molecule has 1 saturated carbocycles. The standard InChI is InChI=1S/C21H27N3O2S/c1-20(2)10-11-21(3,4)17-16(20)23-19(27-17)24(14-6-5-7-14)15-9-8-13(12-22-15)18(25)26/h8-9,12,14H,5-7,10-11H2,1-4H3,(H,25,26). The number of aromatic carboxylic acids is 1. The highest BCUT2D eigenvalue weighted by Crippen LogP contribution is 2.51. The van der Waals surface area contributed by atoms with Gasteiger partial charge < -0.3 is 5.11 Å². The number of fused-ring (bicyclic) bond motifs is 1. The summed E-state index contributed by atoms with van der Waals surface area (Å²) >= 11 is 1.79. The van der Waals surface area contributed by atoms with E-state index in [1.54, 1.807) is 17.4 Å². The minimum atomic E-state index is -0.947. The van der Waals surface area contributed by atoms with Gasteiger partial charge in [-0.3, -0.25) is 4.90 Å². The molecule has 0 aliphatic heterocycles. The van der Waals surface area contributed by atoms with E-state index in [-0.39, 0.29) is 16.4 Å². The Hall–Kier alpha value is -1.95. The molecule has 0 bridgehead atoms. The fraction of sp³-hybridized carbons (Fsp3) is 0.571. The molecule has 0 saturated heterocycles. The second-order valence-corrected chi connectivity index (χ2v) is 10.1. The van der Waals surface area contributed by atoms with Gasteiger partial charge in [0.05, 0.1) is 11.3 Å². The minimum Gasteiger partial charge on any atom is -0.478 e. The van der Waals surface area contributed by atoms with Crippen LogP contribution in [0.3, 0.4) is 0 Å². The van der Waals surface area contributed by atoms with Gasteiger partial charge in [-0.25, -0.2) is 14.8 Å². The Bertz CT molecular complexity index is 833. The van der Waals surface area contributed by atoms with Gasteiger partial charge >= 0.3 is 5.97 Å². The van der Waals surface area contributed by atoms with Crippen LogP contribution < -0.4 is 4.90 Å². The van der Waals surface area contributed by atoms with Gasteiger partial charge in [-0.05, 0) is 44.2 Å². The second kappa shape index (κ2) is 6.30. The Labute approximate surface area is 164 Å². The first kappa shape index (κ1) is 18.4. The highest BCUT2D eigenvalue weighted by molar-refractivity contribution is 7.16. The predicted molar refractivity (Wildman–Crippen MR) is 108 cm³/mol. The van der Waals surface area contributed by atoms with E-state index in [9.17, 15) is 4.79 Å². The minimum absolute atomic E-state index is 0.0888. The average Bonchev–Trinajstić information content (AvgIpc) is 3.03. The van der Waals surface area contributed by atoms with E-state index in [4.69, 9.17) is 10.1 Å². The third-order valence-electron chi connectivity index (χ3n) is 6.13. The Balaban J connectivity index is 1.78. The fourth-order valence-electron chi connectivity index (χ4n) is 3.93. The predicted octanol–water partition coefficient (Wildman–Crippen LogP) is 5.28. The Morgan fingerprint density at radius 1 is 1.19 bits per heavy atom. The summed E-state index contributed by atoms with van der Waals surface area (Å²) in [6, 6.07) is 3.85. The molecule has 6 heteroatoms. The van der Waals surface area contributed by atoms with Crippen molar-refractivity contribution in [2.24, 2.45) is 0 Å². The zero-order chi connectivity index (χ0) is 19.4. The molecule has 0 unspecified atom stereocenters. The number of carbonyl (C=O) groups is 1. The van der Waals surface area contributed by atoms with E-state index in [0.717, 1.165) is 30.2 Å². The molecule has 1 fully saturated rings. The lowest BCUT2D eigenvalue weighted by Crippen LogP contribution is -2.37. The van der Waals surface area contributed by atoms with E-state index < -0.39 is 5.97 Å². The molecule has 0 atom stereocenters.